The van der Waals surface area contributed by atoms with Crippen molar-refractivity contribution in [3.05, 3.63) is 29.8 Å². The second-order valence-corrected chi connectivity index (χ2v) is 3.16. The van der Waals surface area contributed by atoms with Gasteiger partial charge in [0, 0.05) is 26.3 Å². The van der Waals surface area contributed by atoms with Crippen LogP contribution in [0.1, 0.15) is 5.56 Å². The smallest absolute Gasteiger partial charge is 0.0361 e. The fourth-order valence-electron chi connectivity index (χ4n) is 1.10. The van der Waals surface area contributed by atoms with E-state index < -0.39 is 0 Å². The van der Waals surface area contributed by atoms with Crippen LogP contribution in [0.3, 0.4) is 0 Å². The molecule has 2 N–H and O–H groups in total. The van der Waals surface area contributed by atoms with Gasteiger partial charge in [-0.15, -0.1) is 0 Å². The van der Waals surface area contributed by atoms with Gasteiger partial charge in [-0.1, -0.05) is 12.1 Å². The summed E-state index contributed by atoms with van der Waals surface area (Å²) in [5.41, 5.74) is 8.45. The summed E-state index contributed by atoms with van der Waals surface area (Å²) >= 11 is 0. The fraction of sp³-hybridized carbons (Fsp3) is 0.400. The van der Waals surface area contributed by atoms with Gasteiger partial charge in [0.25, 0.3) is 0 Å². The second-order valence-electron chi connectivity index (χ2n) is 3.16. The van der Waals surface area contributed by atoms with Crippen LogP contribution in [0.4, 0.5) is 5.69 Å². The highest BCUT2D eigenvalue weighted by Gasteiger charge is 1.94. The van der Waals surface area contributed by atoms with Gasteiger partial charge >= 0.3 is 0 Å². The maximum absolute atomic E-state index is 3.05. The van der Waals surface area contributed by atoms with E-state index in [1.54, 1.807) is 0 Å². The van der Waals surface area contributed by atoms with E-state index in [9.17, 15) is 0 Å². The first kappa shape index (κ1) is 10.0. The van der Waals surface area contributed by atoms with Gasteiger partial charge < -0.3 is 4.90 Å². The molecule has 0 aromatic heterocycles. The lowest BCUT2D eigenvalue weighted by Gasteiger charge is -2.12. The van der Waals surface area contributed by atoms with Crippen LogP contribution in [0.15, 0.2) is 24.3 Å². The van der Waals surface area contributed by atoms with E-state index in [2.05, 4.69) is 40.0 Å². The molecular weight excluding hydrogens is 162 g/mol. The van der Waals surface area contributed by atoms with E-state index in [4.69, 9.17) is 0 Å². The second kappa shape index (κ2) is 4.84. The molecule has 0 fully saturated rings. The summed E-state index contributed by atoms with van der Waals surface area (Å²) in [6, 6.07) is 8.48. The Labute approximate surface area is 79.7 Å². The van der Waals surface area contributed by atoms with Crippen LogP contribution in [-0.4, -0.2) is 21.1 Å². The molecule has 0 aliphatic rings. The molecule has 0 atom stereocenters. The van der Waals surface area contributed by atoms with Gasteiger partial charge in [0.1, 0.15) is 0 Å². The lowest BCUT2D eigenvalue weighted by atomic mass is 10.2. The zero-order valence-corrected chi connectivity index (χ0v) is 8.46. The number of hydrazine groups is 1. The molecule has 0 amide bonds. The zero-order valence-electron chi connectivity index (χ0n) is 8.46. The SMILES string of the molecule is CNNCc1ccc(N(C)C)cc1. The highest BCUT2D eigenvalue weighted by molar-refractivity contribution is 5.45. The summed E-state index contributed by atoms with van der Waals surface area (Å²) in [5.74, 6) is 0. The van der Waals surface area contributed by atoms with Crippen molar-refractivity contribution >= 4 is 5.69 Å². The Hall–Kier alpha value is -1.06. The number of nitrogens with zero attached hydrogens (tertiary/aromatic N) is 1. The van der Waals surface area contributed by atoms with Crippen LogP contribution in [-0.2, 0) is 6.54 Å². The molecule has 3 heteroatoms. The van der Waals surface area contributed by atoms with E-state index in [1.165, 1.54) is 11.3 Å². The van der Waals surface area contributed by atoms with Crippen LogP contribution < -0.4 is 15.8 Å². The fourth-order valence-corrected chi connectivity index (χ4v) is 1.10. The molecule has 0 unspecified atom stereocenters. The minimum absolute atomic E-state index is 0.851. The van der Waals surface area contributed by atoms with Gasteiger partial charge in [-0.2, -0.15) is 0 Å². The van der Waals surface area contributed by atoms with Gasteiger partial charge in [0.15, 0.2) is 0 Å². The molecule has 1 aromatic rings. The monoisotopic (exact) mass is 179 g/mol. The van der Waals surface area contributed by atoms with Crippen molar-refractivity contribution < 1.29 is 0 Å². The third kappa shape index (κ3) is 3.05. The minimum atomic E-state index is 0.851. The average molecular weight is 179 g/mol. The maximum Gasteiger partial charge on any atom is 0.0361 e. The molecular formula is C10H17N3. The van der Waals surface area contributed by atoms with Crippen molar-refractivity contribution in [3.8, 4) is 0 Å². The van der Waals surface area contributed by atoms with Crippen LogP contribution in [0.25, 0.3) is 0 Å². The first-order valence-corrected chi connectivity index (χ1v) is 4.40. The normalized spacial score (nSPS) is 10.1. The minimum Gasteiger partial charge on any atom is -0.378 e. The van der Waals surface area contributed by atoms with Gasteiger partial charge in [-0.3, -0.25) is 10.9 Å². The van der Waals surface area contributed by atoms with Crippen molar-refractivity contribution in [3.63, 3.8) is 0 Å². The summed E-state index contributed by atoms with van der Waals surface area (Å²) in [7, 11) is 5.95. The summed E-state index contributed by atoms with van der Waals surface area (Å²) in [6.07, 6.45) is 0. The maximum atomic E-state index is 3.05. The summed E-state index contributed by atoms with van der Waals surface area (Å²) < 4.78 is 0. The molecule has 1 aromatic carbocycles. The largest absolute Gasteiger partial charge is 0.378 e. The summed E-state index contributed by atoms with van der Waals surface area (Å²) in [4.78, 5) is 2.09. The van der Waals surface area contributed by atoms with Gasteiger partial charge in [0.2, 0.25) is 0 Å². The van der Waals surface area contributed by atoms with E-state index in [0.717, 1.165) is 6.54 Å². The van der Waals surface area contributed by atoms with Crippen LogP contribution >= 0.6 is 0 Å². The molecule has 0 saturated heterocycles. The molecule has 0 spiro atoms. The third-order valence-electron chi connectivity index (χ3n) is 1.92. The summed E-state index contributed by atoms with van der Waals surface area (Å²) in [5, 5.41) is 0. The van der Waals surface area contributed by atoms with Crippen molar-refractivity contribution in [2.75, 3.05) is 26.0 Å². The van der Waals surface area contributed by atoms with Crippen molar-refractivity contribution in [2.24, 2.45) is 0 Å². The topological polar surface area (TPSA) is 27.3 Å². The molecule has 0 aliphatic heterocycles. The number of anilines is 1. The van der Waals surface area contributed by atoms with E-state index in [-0.39, 0.29) is 0 Å². The quantitative estimate of drug-likeness (QED) is 0.675. The Bertz CT molecular complexity index is 241. The standard InChI is InChI=1S/C10H17N3/c1-11-12-8-9-4-6-10(7-5-9)13(2)3/h4-7,11-12H,8H2,1-3H3. The van der Waals surface area contributed by atoms with Crippen LogP contribution in [0.2, 0.25) is 0 Å². The van der Waals surface area contributed by atoms with Crippen molar-refractivity contribution in [1.82, 2.24) is 10.9 Å². The highest BCUT2D eigenvalue weighted by Crippen LogP contribution is 2.11. The highest BCUT2D eigenvalue weighted by atomic mass is 15.3. The molecule has 0 bridgehead atoms. The lowest BCUT2D eigenvalue weighted by molar-refractivity contribution is 0.596. The Morgan fingerprint density at radius 1 is 1.15 bits per heavy atom. The van der Waals surface area contributed by atoms with E-state index in [0.29, 0.717) is 0 Å². The van der Waals surface area contributed by atoms with Gasteiger partial charge in [-0.25, -0.2) is 0 Å². The van der Waals surface area contributed by atoms with Crippen LogP contribution in [0, 0.1) is 0 Å². The number of nitrogens with one attached hydrogen (secondary N) is 2. The number of rotatable bonds is 4. The van der Waals surface area contributed by atoms with Crippen molar-refractivity contribution in [2.45, 2.75) is 6.54 Å². The Kier molecular flexibility index (Phi) is 3.73. The van der Waals surface area contributed by atoms with Crippen molar-refractivity contribution in [1.29, 1.82) is 0 Å². The van der Waals surface area contributed by atoms with E-state index in [1.807, 2.05) is 21.1 Å². The first-order chi connectivity index (χ1) is 6.24. The molecule has 0 radical (unpaired) electrons. The van der Waals surface area contributed by atoms with Crippen LogP contribution in [0.5, 0.6) is 0 Å². The molecule has 72 valence electrons. The number of benzene rings is 1. The third-order valence-corrected chi connectivity index (χ3v) is 1.92. The molecule has 3 nitrogen and oxygen atoms in total. The molecule has 0 heterocycles. The molecule has 13 heavy (non-hydrogen) atoms. The zero-order chi connectivity index (χ0) is 9.68. The molecule has 0 aliphatic carbocycles. The average Bonchev–Trinajstić information content (AvgIpc) is 2.15. The number of hydrogen-bond acceptors (Lipinski definition) is 3. The molecule has 1 rings (SSSR count). The first-order valence-electron chi connectivity index (χ1n) is 4.40. The Morgan fingerprint density at radius 2 is 1.77 bits per heavy atom. The Balaban J connectivity index is 2.59. The predicted octanol–water partition coefficient (Wildman–Crippen LogP) is 0.977. The van der Waals surface area contributed by atoms with E-state index >= 15 is 0 Å². The predicted molar refractivity (Wildman–Crippen MR) is 56.7 cm³/mol. The number of hydrogen-bond donors (Lipinski definition) is 2. The van der Waals surface area contributed by atoms with Gasteiger partial charge in [-0.05, 0) is 24.7 Å². The van der Waals surface area contributed by atoms with Gasteiger partial charge in [0.05, 0.1) is 0 Å². The lowest BCUT2D eigenvalue weighted by Crippen LogP contribution is -2.26. The summed E-state index contributed by atoms with van der Waals surface area (Å²) in [6.45, 7) is 0.851. The molecule has 0 saturated carbocycles. The Morgan fingerprint density at radius 3 is 2.23 bits per heavy atom.